The lowest BCUT2D eigenvalue weighted by atomic mass is 9.87. The summed E-state index contributed by atoms with van der Waals surface area (Å²) in [6, 6.07) is 25.9. The average molecular weight is 596 g/mol. The van der Waals surface area contributed by atoms with E-state index in [-0.39, 0.29) is 29.1 Å². The van der Waals surface area contributed by atoms with Crippen molar-refractivity contribution in [2.24, 2.45) is 11.3 Å². The Hall–Kier alpha value is -3.71. The van der Waals surface area contributed by atoms with E-state index in [0.717, 1.165) is 28.3 Å². The van der Waals surface area contributed by atoms with Gasteiger partial charge in [0, 0.05) is 35.2 Å². The Morgan fingerprint density at radius 3 is 2.35 bits per heavy atom. The Kier molecular flexibility index (Phi) is 8.03. The highest BCUT2D eigenvalue weighted by Crippen LogP contribution is 2.67. The fraction of sp³-hybridized carbons (Fsp3) is 0.389. The van der Waals surface area contributed by atoms with Crippen LogP contribution in [0, 0.1) is 18.3 Å². The van der Waals surface area contributed by atoms with Crippen molar-refractivity contribution in [1.29, 1.82) is 0 Å². The van der Waals surface area contributed by atoms with Crippen LogP contribution < -0.4 is 10.1 Å². The highest BCUT2D eigenvalue weighted by molar-refractivity contribution is 7.99. The monoisotopic (exact) mass is 595 g/mol. The molecule has 6 rings (SSSR count). The average Bonchev–Trinajstić information content (AvgIpc) is 3.37. The fourth-order valence-corrected chi connectivity index (χ4v) is 8.36. The Morgan fingerprint density at radius 2 is 1.65 bits per heavy atom. The van der Waals surface area contributed by atoms with E-state index in [0.29, 0.717) is 31.5 Å². The van der Waals surface area contributed by atoms with Crippen LogP contribution >= 0.6 is 11.8 Å². The van der Waals surface area contributed by atoms with Crippen LogP contribution in [-0.4, -0.2) is 45.9 Å². The third-order valence-corrected chi connectivity index (χ3v) is 10.8. The molecule has 0 bridgehead atoms. The first-order chi connectivity index (χ1) is 20.7. The van der Waals surface area contributed by atoms with Crippen molar-refractivity contribution in [3.8, 4) is 5.75 Å². The second-order valence-electron chi connectivity index (χ2n) is 12.6. The summed E-state index contributed by atoms with van der Waals surface area (Å²) < 4.78 is 5.30. The van der Waals surface area contributed by atoms with Gasteiger partial charge in [0.05, 0.1) is 7.11 Å². The summed E-state index contributed by atoms with van der Waals surface area (Å²) in [5.41, 5.74) is 4.43. The fourth-order valence-electron chi connectivity index (χ4n) is 7.19. The van der Waals surface area contributed by atoms with Gasteiger partial charge in [0.1, 0.15) is 11.3 Å². The Balaban J connectivity index is 1.32. The molecule has 7 heteroatoms. The largest absolute Gasteiger partial charge is 0.497 e. The van der Waals surface area contributed by atoms with E-state index < -0.39 is 5.54 Å². The number of aryl methyl sites for hydroxylation is 1. The molecule has 6 nitrogen and oxygen atoms in total. The van der Waals surface area contributed by atoms with Crippen LogP contribution in [0.2, 0.25) is 0 Å². The summed E-state index contributed by atoms with van der Waals surface area (Å²) in [7, 11) is 1.63. The SMILES string of the molecule is COc1ccc(NC(=O)C2(N(Cc3ccccc3)C(=O)CC3C(c4c(C)[nH]c5ccccc45)C3(C)C)CCSCC2)cc1. The van der Waals surface area contributed by atoms with Crippen LogP contribution in [0.25, 0.3) is 10.9 Å². The molecular formula is C36H41N3O3S. The number of nitrogens with zero attached hydrogens (tertiary/aromatic N) is 1. The second kappa shape index (κ2) is 11.8. The van der Waals surface area contributed by atoms with E-state index in [4.69, 9.17) is 4.74 Å². The van der Waals surface area contributed by atoms with Gasteiger partial charge in [-0.05, 0) is 90.0 Å². The zero-order valence-electron chi connectivity index (χ0n) is 25.5. The van der Waals surface area contributed by atoms with Crippen LogP contribution in [0.1, 0.15) is 55.8 Å². The Labute approximate surface area is 258 Å². The van der Waals surface area contributed by atoms with Gasteiger partial charge in [-0.2, -0.15) is 11.8 Å². The minimum Gasteiger partial charge on any atom is -0.497 e. The van der Waals surface area contributed by atoms with Crippen molar-refractivity contribution < 1.29 is 14.3 Å². The van der Waals surface area contributed by atoms with Gasteiger partial charge in [0.15, 0.2) is 0 Å². The predicted octanol–water partition coefficient (Wildman–Crippen LogP) is 7.55. The summed E-state index contributed by atoms with van der Waals surface area (Å²) in [6.07, 6.45) is 1.66. The number of aromatic nitrogens is 1. The number of nitrogens with one attached hydrogen (secondary N) is 2. The van der Waals surface area contributed by atoms with E-state index in [9.17, 15) is 9.59 Å². The lowest BCUT2D eigenvalue weighted by Gasteiger charge is -2.45. The number of aromatic amines is 1. The number of ether oxygens (including phenoxy) is 1. The van der Waals surface area contributed by atoms with E-state index >= 15 is 0 Å². The number of hydrogen-bond donors (Lipinski definition) is 2. The predicted molar refractivity (Wildman–Crippen MR) is 176 cm³/mol. The standard InChI is InChI=1S/C36H41N3O3S/c1-24-32(28-12-8-9-13-30(28)37-24)33-29(35(33,2)3)22-31(40)39(23-25-10-6-5-7-11-25)36(18-20-43-21-19-36)34(41)38-26-14-16-27(42-4)17-15-26/h5-17,29,33,37H,18-23H2,1-4H3,(H,38,41). The van der Waals surface area contributed by atoms with E-state index in [1.54, 1.807) is 7.11 Å². The van der Waals surface area contributed by atoms with Gasteiger partial charge in [-0.1, -0.05) is 62.4 Å². The number of anilines is 1. The van der Waals surface area contributed by atoms with E-state index in [1.807, 2.05) is 71.3 Å². The van der Waals surface area contributed by atoms with Crippen LogP contribution in [0.5, 0.6) is 5.75 Å². The highest BCUT2D eigenvalue weighted by atomic mass is 32.2. The highest BCUT2D eigenvalue weighted by Gasteiger charge is 2.60. The van der Waals surface area contributed by atoms with Gasteiger partial charge >= 0.3 is 0 Å². The number of thioether (sulfide) groups is 1. The molecule has 4 aromatic rings. The Bertz CT molecular complexity index is 1610. The van der Waals surface area contributed by atoms with Crippen molar-refractivity contribution in [1.82, 2.24) is 9.88 Å². The first-order valence-electron chi connectivity index (χ1n) is 15.2. The van der Waals surface area contributed by atoms with Crippen molar-refractivity contribution in [3.05, 3.63) is 95.7 Å². The van der Waals surface area contributed by atoms with Crippen LogP contribution in [0.4, 0.5) is 5.69 Å². The van der Waals surface area contributed by atoms with Gasteiger partial charge in [0.2, 0.25) is 11.8 Å². The van der Waals surface area contributed by atoms with Crippen molar-refractivity contribution in [2.75, 3.05) is 23.9 Å². The maximum absolute atomic E-state index is 14.6. The van der Waals surface area contributed by atoms with Crippen LogP contribution in [0.15, 0.2) is 78.9 Å². The summed E-state index contributed by atoms with van der Waals surface area (Å²) in [6.45, 7) is 7.11. The summed E-state index contributed by atoms with van der Waals surface area (Å²) >= 11 is 1.85. The lowest BCUT2D eigenvalue weighted by Crippen LogP contribution is -2.60. The Morgan fingerprint density at radius 1 is 0.977 bits per heavy atom. The molecule has 43 heavy (non-hydrogen) atoms. The molecule has 1 aliphatic carbocycles. The number of rotatable bonds is 9. The molecular weight excluding hydrogens is 554 g/mol. The quantitative estimate of drug-likeness (QED) is 0.210. The number of H-pyrrole nitrogens is 1. The van der Waals surface area contributed by atoms with E-state index in [2.05, 4.69) is 55.3 Å². The molecule has 1 aromatic heterocycles. The van der Waals surface area contributed by atoms with Gasteiger partial charge in [0.25, 0.3) is 0 Å². The summed E-state index contributed by atoms with van der Waals surface area (Å²) in [5.74, 6) is 2.81. The molecule has 224 valence electrons. The molecule has 2 atom stereocenters. The minimum absolute atomic E-state index is 0.0231. The number of amides is 2. The molecule has 3 aromatic carbocycles. The topological polar surface area (TPSA) is 74.4 Å². The van der Waals surface area contributed by atoms with Crippen molar-refractivity contribution in [3.63, 3.8) is 0 Å². The number of hydrogen-bond acceptors (Lipinski definition) is 4. The maximum Gasteiger partial charge on any atom is 0.250 e. The normalized spacial score (nSPS) is 20.4. The zero-order chi connectivity index (χ0) is 30.2. The molecule has 1 saturated heterocycles. The van der Waals surface area contributed by atoms with Crippen LogP contribution in [-0.2, 0) is 16.1 Å². The van der Waals surface area contributed by atoms with Gasteiger partial charge in [-0.15, -0.1) is 0 Å². The molecule has 2 aliphatic rings. The molecule has 2 unspecified atom stereocenters. The number of carbonyl (C=O) groups is 2. The van der Waals surface area contributed by atoms with Crippen LogP contribution in [0.3, 0.4) is 0 Å². The molecule has 0 radical (unpaired) electrons. The second-order valence-corrected chi connectivity index (χ2v) is 13.8. The molecule has 1 aliphatic heterocycles. The molecule has 2 fully saturated rings. The number of carbonyl (C=O) groups excluding carboxylic acids is 2. The lowest BCUT2D eigenvalue weighted by molar-refractivity contribution is -0.147. The van der Waals surface area contributed by atoms with Gasteiger partial charge in [-0.3, -0.25) is 9.59 Å². The molecule has 0 spiro atoms. The third-order valence-electron chi connectivity index (χ3n) is 9.79. The number of methoxy groups -OCH3 is 1. The zero-order valence-corrected chi connectivity index (χ0v) is 26.3. The first-order valence-corrected chi connectivity index (χ1v) is 16.3. The first kappa shape index (κ1) is 29.4. The van der Waals surface area contributed by atoms with Gasteiger partial charge in [-0.25, -0.2) is 0 Å². The number of benzene rings is 3. The van der Waals surface area contributed by atoms with Gasteiger partial charge < -0.3 is 19.9 Å². The summed E-state index contributed by atoms with van der Waals surface area (Å²) in [4.78, 5) is 34.4. The maximum atomic E-state index is 14.6. The van der Waals surface area contributed by atoms with E-state index in [1.165, 1.54) is 16.6 Å². The molecule has 2 N–H and O–H groups in total. The summed E-state index contributed by atoms with van der Waals surface area (Å²) in [5, 5.41) is 4.41. The molecule has 2 heterocycles. The number of para-hydroxylation sites is 1. The number of fused-ring (bicyclic) bond motifs is 1. The van der Waals surface area contributed by atoms with Crippen molar-refractivity contribution >= 4 is 40.2 Å². The molecule has 2 amide bonds. The third kappa shape index (κ3) is 5.55. The van der Waals surface area contributed by atoms with Crippen molar-refractivity contribution in [2.45, 2.75) is 58.0 Å². The minimum atomic E-state index is -0.927. The smallest absolute Gasteiger partial charge is 0.250 e. The molecule has 1 saturated carbocycles.